The van der Waals surface area contributed by atoms with Crippen molar-refractivity contribution in [2.75, 3.05) is 0 Å². The molecule has 0 atom stereocenters. The Hall–Kier alpha value is -1.87. The number of unbranched alkanes of at least 4 members (excludes halogenated alkanes) is 2. The van der Waals surface area contributed by atoms with Crippen LogP contribution in [0.5, 0.6) is 0 Å². The third-order valence-corrected chi connectivity index (χ3v) is 4.12. The third-order valence-electron chi connectivity index (χ3n) is 4.12. The number of hydrogen-bond acceptors (Lipinski definition) is 2. The van der Waals surface area contributed by atoms with Gasteiger partial charge in [-0.25, -0.2) is 0 Å². The first-order valence-corrected chi connectivity index (χ1v) is 8.09. The number of hydrogen-bond donors (Lipinski definition) is 1. The van der Waals surface area contributed by atoms with E-state index in [4.69, 9.17) is 5.73 Å². The molecule has 3 nitrogen and oxygen atoms in total. The number of aryl methyl sites for hydroxylation is 2. The molecule has 0 unspecified atom stereocenters. The topological polar surface area (TPSA) is 48.0 Å². The molecule has 2 rings (SSSR count). The van der Waals surface area contributed by atoms with Gasteiger partial charge in [-0.05, 0) is 31.9 Å². The first kappa shape index (κ1) is 16.5. The van der Waals surface area contributed by atoms with Crippen LogP contribution >= 0.6 is 0 Å². The molecular formula is C19H26N2O. The molecule has 2 N–H and O–H groups in total. The monoisotopic (exact) mass is 298 g/mol. The number of nitrogens with zero attached hydrogens (tertiary/aromatic N) is 1. The highest BCUT2D eigenvalue weighted by Gasteiger charge is 2.11. The molecule has 3 heteroatoms. The van der Waals surface area contributed by atoms with Crippen molar-refractivity contribution in [3.63, 3.8) is 0 Å². The van der Waals surface area contributed by atoms with Crippen LogP contribution < -0.4 is 11.3 Å². The number of aromatic nitrogens is 1. The minimum absolute atomic E-state index is 0.0519. The van der Waals surface area contributed by atoms with Gasteiger partial charge in [-0.3, -0.25) is 4.79 Å². The summed E-state index contributed by atoms with van der Waals surface area (Å²) in [6, 6.07) is 10.3. The SMILES string of the molecule is CCCCCn1c(-c2ccc(C)cc2C)ccc(CN)c1=O. The highest BCUT2D eigenvalue weighted by Crippen LogP contribution is 2.24. The zero-order valence-electron chi connectivity index (χ0n) is 13.9. The Balaban J connectivity index is 2.54. The van der Waals surface area contributed by atoms with Gasteiger partial charge in [-0.1, -0.05) is 49.6 Å². The van der Waals surface area contributed by atoms with Gasteiger partial charge in [-0.15, -0.1) is 0 Å². The lowest BCUT2D eigenvalue weighted by Crippen LogP contribution is -2.26. The fourth-order valence-electron chi connectivity index (χ4n) is 2.86. The molecule has 0 saturated carbocycles. The molecule has 2 aromatic rings. The quantitative estimate of drug-likeness (QED) is 0.825. The highest BCUT2D eigenvalue weighted by atomic mass is 16.1. The van der Waals surface area contributed by atoms with Crippen LogP contribution in [0.3, 0.4) is 0 Å². The first-order chi connectivity index (χ1) is 10.6. The minimum Gasteiger partial charge on any atom is -0.326 e. The fourth-order valence-corrected chi connectivity index (χ4v) is 2.86. The van der Waals surface area contributed by atoms with E-state index in [1.807, 2.05) is 16.7 Å². The molecule has 0 amide bonds. The fraction of sp³-hybridized carbons (Fsp3) is 0.421. The summed E-state index contributed by atoms with van der Waals surface area (Å²) < 4.78 is 1.90. The van der Waals surface area contributed by atoms with E-state index in [1.54, 1.807) is 0 Å². The summed E-state index contributed by atoms with van der Waals surface area (Å²) in [7, 11) is 0. The van der Waals surface area contributed by atoms with Crippen LogP contribution in [0.2, 0.25) is 0 Å². The lowest BCUT2D eigenvalue weighted by molar-refractivity contribution is 0.588. The predicted molar refractivity (Wildman–Crippen MR) is 93.0 cm³/mol. The van der Waals surface area contributed by atoms with Crippen molar-refractivity contribution in [2.45, 2.75) is 53.1 Å². The molecule has 1 aromatic heterocycles. The summed E-state index contributed by atoms with van der Waals surface area (Å²) in [5, 5.41) is 0. The van der Waals surface area contributed by atoms with Crippen molar-refractivity contribution >= 4 is 0 Å². The molecule has 22 heavy (non-hydrogen) atoms. The highest BCUT2D eigenvalue weighted by molar-refractivity contribution is 5.64. The maximum atomic E-state index is 12.6. The summed E-state index contributed by atoms with van der Waals surface area (Å²) in [5.41, 5.74) is 11.0. The largest absolute Gasteiger partial charge is 0.326 e. The van der Waals surface area contributed by atoms with Gasteiger partial charge in [0.25, 0.3) is 5.56 Å². The van der Waals surface area contributed by atoms with E-state index >= 15 is 0 Å². The molecule has 0 aliphatic rings. The van der Waals surface area contributed by atoms with Gasteiger partial charge in [0.2, 0.25) is 0 Å². The van der Waals surface area contributed by atoms with Crippen LogP contribution in [0.4, 0.5) is 0 Å². The lowest BCUT2D eigenvalue weighted by atomic mass is 10.0. The van der Waals surface area contributed by atoms with Crippen LogP contribution in [0.25, 0.3) is 11.3 Å². The Labute approximate surface area is 132 Å². The zero-order valence-corrected chi connectivity index (χ0v) is 13.9. The summed E-state index contributed by atoms with van der Waals surface area (Å²) in [4.78, 5) is 12.6. The van der Waals surface area contributed by atoms with Gasteiger partial charge in [0, 0.05) is 24.2 Å². The second kappa shape index (κ2) is 7.41. The van der Waals surface area contributed by atoms with Crippen molar-refractivity contribution in [2.24, 2.45) is 5.73 Å². The summed E-state index contributed by atoms with van der Waals surface area (Å²) in [6.45, 7) is 7.40. The molecule has 0 fully saturated rings. The average molecular weight is 298 g/mol. The van der Waals surface area contributed by atoms with Crippen molar-refractivity contribution in [3.05, 3.63) is 57.4 Å². The van der Waals surface area contributed by atoms with Gasteiger partial charge < -0.3 is 10.3 Å². The molecule has 118 valence electrons. The van der Waals surface area contributed by atoms with Crippen LogP contribution in [-0.4, -0.2) is 4.57 Å². The smallest absolute Gasteiger partial charge is 0.255 e. The normalized spacial score (nSPS) is 10.9. The molecule has 0 aliphatic carbocycles. The molecule has 0 spiro atoms. The average Bonchev–Trinajstić information content (AvgIpc) is 2.49. The van der Waals surface area contributed by atoms with Crippen LogP contribution in [0, 0.1) is 13.8 Å². The Morgan fingerprint density at radius 1 is 1.09 bits per heavy atom. The van der Waals surface area contributed by atoms with E-state index in [-0.39, 0.29) is 5.56 Å². The van der Waals surface area contributed by atoms with E-state index in [0.29, 0.717) is 12.1 Å². The van der Waals surface area contributed by atoms with Gasteiger partial charge in [0.1, 0.15) is 0 Å². The van der Waals surface area contributed by atoms with Crippen molar-refractivity contribution in [1.82, 2.24) is 4.57 Å². The summed E-state index contributed by atoms with van der Waals surface area (Å²) >= 11 is 0. The maximum absolute atomic E-state index is 12.6. The lowest BCUT2D eigenvalue weighted by Gasteiger charge is -2.16. The number of nitrogens with two attached hydrogens (primary N) is 1. The van der Waals surface area contributed by atoms with E-state index in [2.05, 4.69) is 39.0 Å². The Bertz CT molecular complexity index is 701. The number of pyridine rings is 1. The zero-order chi connectivity index (χ0) is 16.1. The third kappa shape index (κ3) is 3.47. The second-order valence-electron chi connectivity index (χ2n) is 5.93. The van der Waals surface area contributed by atoms with Gasteiger partial charge in [0.05, 0.1) is 5.69 Å². The summed E-state index contributed by atoms with van der Waals surface area (Å²) in [6.07, 6.45) is 3.29. The molecule has 0 bridgehead atoms. The van der Waals surface area contributed by atoms with Crippen LogP contribution in [0.1, 0.15) is 42.9 Å². The Morgan fingerprint density at radius 2 is 1.86 bits per heavy atom. The van der Waals surface area contributed by atoms with Crippen molar-refractivity contribution < 1.29 is 0 Å². The Kier molecular flexibility index (Phi) is 5.56. The molecule has 0 aliphatic heterocycles. The van der Waals surface area contributed by atoms with E-state index in [0.717, 1.165) is 37.1 Å². The molecule has 1 heterocycles. The van der Waals surface area contributed by atoms with Crippen molar-refractivity contribution in [3.8, 4) is 11.3 Å². The van der Waals surface area contributed by atoms with Gasteiger partial charge in [0.15, 0.2) is 0 Å². The standard InChI is InChI=1S/C19H26N2O/c1-4-5-6-11-21-18(10-8-16(13-20)19(21)22)17-9-7-14(2)12-15(17)3/h7-10,12H,4-6,11,13,20H2,1-3H3. The van der Waals surface area contributed by atoms with Crippen LogP contribution in [-0.2, 0) is 13.1 Å². The van der Waals surface area contributed by atoms with E-state index in [9.17, 15) is 4.79 Å². The molecule has 1 aromatic carbocycles. The molecule has 0 radical (unpaired) electrons. The molecular weight excluding hydrogens is 272 g/mol. The first-order valence-electron chi connectivity index (χ1n) is 8.09. The van der Waals surface area contributed by atoms with Gasteiger partial charge >= 0.3 is 0 Å². The van der Waals surface area contributed by atoms with Gasteiger partial charge in [-0.2, -0.15) is 0 Å². The number of rotatable bonds is 6. The summed E-state index contributed by atoms with van der Waals surface area (Å²) in [5.74, 6) is 0. The Morgan fingerprint density at radius 3 is 2.50 bits per heavy atom. The van der Waals surface area contributed by atoms with Crippen LogP contribution in [0.15, 0.2) is 35.1 Å². The minimum atomic E-state index is 0.0519. The second-order valence-corrected chi connectivity index (χ2v) is 5.93. The maximum Gasteiger partial charge on any atom is 0.255 e. The molecule has 0 saturated heterocycles. The van der Waals surface area contributed by atoms with Crippen molar-refractivity contribution in [1.29, 1.82) is 0 Å². The predicted octanol–water partition coefficient (Wildman–Crippen LogP) is 3.78. The number of benzene rings is 1. The van der Waals surface area contributed by atoms with E-state index < -0.39 is 0 Å². The van der Waals surface area contributed by atoms with E-state index in [1.165, 1.54) is 11.1 Å².